The summed E-state index contributed by atoms with van der Waals surface area (Å²) >= 11 is 0. The van der Waals surface area contributed by atoms with Gasteiger partial charge in [0.1, 0.15) is 41.8 Å². The molecule has 44 heavy (non-hydrogen) atoms. The Morgan fingerprint density at radius 1 is 1.14 bits per heavy atom. The molecule has 0 aromatic heterocycles. The predicted molar refractivity (Wildman–Crippen MR) is 167 cm³/mol. The average molecular weight is 609 g/mol. The van der Waals surface area contributed by atoms with E-state index in [0.717, 1.165) is 34.4 Å². The van der Waals surface area contributed by atoms with Crippen LogP contribution in [0.2, 0.25) is 0 Å². The molecule has 0 radical (unpaired) electrons. The van der Waals surface area contributed by atoms with Gasteiger partial charge in [0.25, 0.3) is 5.91 Å². The second-order valence-electron chi connectivity index (χ2n) is 12.6. The van der Waals surface area contributed by atoms with Crippen molar-refractivity contribution in [1.82, 2.24) is 5.32 Å². The van der Waals surface area contributed by atoms with Crippen molar-refractivity contribution in [3.8, 4) is 28.7 Å². The Balaban J connectivity index is 1.41. The molecule has 0 aliphatic carbocycles. The first kappa shape index (κ1) is 31.5. The zero-order chi connectivity index (χ0) is 31.6. The van der Waals surface area contributed by atoms with E-state index in [1.165, 1.54) is 0 Å². The highest BCUT2D eigenvalue weighted by Gasteiger charge is 2.45. The van der Waals surface area contributed by atoms with Gasteiger partial charge in [0.2, 0.25) is 0 Å². The lowest BCUT2D eigenvalue weighted by molar-refractivity contribution is -0.127. The summed E-state index contributed by atoms with van der Waals surface area (Å²) in [6.07, 6.45) is 1.07. The summed E-state index contributed by atoms with van der Waals surface area (Å²) in [5.41, 5.74) is 3.64. The van der Waals surface area contributed by atoms with Crippen LogP contribution >= 0.6 is 0 Å². The van der Waals surface area contributed by atoms with Crippen molar-refractivity contribution in [2.24, 2.45) is 11.1 Å². The molecule has 2 aromatic carbocycles. The largest absolute Gasteiger partial charge is 0.493 e. The van der Waals surface area contributed by atoms with Gasteiger partial charge in [-0.05, 0) is 56.9 Å². The van der Waals surface area contributed by atoms with E-state index < -0.39 is 11.7 Å². The van der Waals surface area contributed by atoms with Crippen LogP contribution in [-0.2, 0) is 20.8 Å². The van der Waals surface area contributed by atoms with Crippen molar-refractivity contribution >= 4 is 11.6 Å². The summed E-state index contributed by atoms with van der Waals surface area (Å²) in [5.74, 6) is 3.13. The summed E-state index contributed by atoms with van der Waals surface area (Å²) < 4.78 is 36.0. The Bertz CT molecular complexity index is 1430. The van der Waals surface area contributed by atoms with Crippen LogP contribution < -0.4 is 29.0 Å². The maximum absolute atomic E-state index is 12.8. The quantitative estimate of drug-likeness (QED) is 0.259. The summed E-state index contributed by atoms with van der Waals surface area (Å²) in [4.78, 5) is 18.5. The van der Waals surface area contributed by atoms with Crippen molar-refractivity contribution in [1.29, 1.82) is 0 Å². The van der Waals surface area contributed by atoms with E-state index in [9.17, 15) is 4.79 Å². The maximum Gasteiger partial charge on any atom is 0.260 e. The van der Waals surface area contributed by atoms with Gasteiger partial charge in [-0.1, -0.05) is 25.6 Å². The number of nitrogens with one attached hydrogen (secondary N) is 1. The number of carbonyl (C=O) groups is 1. The third kappa shape index (κ3) is 6.60. The molecule has 3 heterocycles. The molecular weight excluding hydrogens is 564 g/mol. The first-order valence-electron chi connectivity index (χ1n) is 15.2. The lowest BCUT2D eigenvalue weighted by atomic mass is 9.80. The number of hydrogen-bond acceptors (Lipinski definition) is 9. The Kier molecular flexibility index (Phi) is 9.29. The third-order valence-corrected chi connectivity index (χ3v) is 8.15. The molecule has 0 bridgehead atoms. The van der Waals surface area contributed by atoms with Crippen LogP contribution in [0.1, 0.15) is 63.6 Å². The molecule has 3 atom stereocenters. The normalized spacial score (nSPS) is 20.7. The number of nitrogens with zero attached hydrogens (tertiary/aromatic N) is 1. The molecule has 10 heteroatoms. The van der Waals surface area contributed by atoms with E-state index in [2.05, 4.69) is 30.9 Å². The second kappa shape index (κ2) is 13.0. The minimum Gasteiger partial charge on any atom is -0.493 e. The molecule has 1 amide bonds. The van der Waals surface area contributed by atoms with Crippen LogP contribution in [0.4, 0.5) is 0 Å². The van der Waals surface area contributed by atoms with Crippen molar-refractivity contribution in [2.45, 2.75) is 71.2 Å². The second-order valence-corrected chi connectivity index (χ2v) is 12.6. The van der Waals surface area contributed by atoms with Gasteiger partial charge in [0.05, 0.1) is 25.7 Å². The maximum atomic E-state index is 12.8. The van der Waals surface area contributed by atoms with E-state index >= 15 is 0 Å². The summed E-state index contributed by atoms with van der Waals surface area (Å²) in [7, 11) is 3.17. The van der Waals surface area contributed by atoms with Gasteiger partial charge in [-0.3, -0.25) is 4.79 Å². The Morgan fingerprint density at radius 2 is 1.89 bits per heavy atom. The molecule has 5 rings (SSSR count). The molecule has 3 aliphatic rings. The van der Waals surface area contributed by atoms with Crippen molar-refractivity contribution in [2.75, 3.05) is 40.6 Å². The van der Waals surface area contributed by atoms with E-state index in [-0.39, 0.29) is 31.1 Å². The van der Waals surface area contributed by atoms with Crippen molar-refractivity contribution in [3.63, 3.8) is 0 Å². The minimum atomic E-state index is -0.501. The SMILES string of the molecule is C=C(C)[C@H]1Cc2c(ccc3c2O[C@@H]2COc4cc(OC)c(OC)cc4[C@@H]2/C3=N/OCC(=O)NCC(C)(C)OCCC(C)C)O1. The zero-order valence-electron chi connectivity index (χ0n) is 26.8. The van der Waals surface area contributed by atoms with Crippen LogP contribution in [0.5, 0.6) is 28.7 Å². The fourth-order valence-electron chi connectivity index (χ4n) is 5.61. The highest BCUT2D eigenvalue weighted by Crippen LogP contribution is 2.50. The Labute approximate surface area is 259 Å². The fraction of sp³-hybridized carbons (Fsp3) is 0.529. The van der Waals surface area contributed by atoms with Crippen molar-refractivity contribution < 1.29 is 38.1 Å². The molecule has 0 saturated carbocycles. The van der Waals surface area contributed by atoms with Gasteiger partial charge in [0, 0.05) is 42.3 Å². The van der Waals surface area contributed by atoms with E-state index in [4.69, 9.17) is 33.3 Å². The lowest BCUT2D eigenvalue weighted by Gasteiger charge is -2.39. The summed E-state index contributed by atoms with van der Waals surface area (Å²) in [6, 6.07) is 7.56. The van der Waals surface area contributed by atoms with Gasteiger partial charge in [-0.2, -0.15) is 0 Å². The minimum absolute atomic E-state index is 0.128. The fourth-order valence-corrected chi connectivity index (χ4v) is 5.61. The standard InChI is InChI=1S/C34H44N2O8/c1-19(2)11-12-41-34(5,6)18-35-30(37)17-42-36-32-21-9-10-24-23(14-25(43-24)20(3)4)33(21)44-29-16-40-26-15-28(39-8)27(38-7)13-22(26)31(29)32/h9-10,13,15,19,25,29,31H,3,11-12,14,16-18H2,1-2,4-8H3,(H,35,37)/b36-32+/t25-,29-,31+/m1/s1. The Morgan fingerprint density at radius 3 is 2.59 bits per heavy atom. The summed E-state index contributed by atoms with van der Waals surface area (Å²) in [6.45, 7) is 15.3. The topological polar surface area (TPSA) is 106 Å². The molecule has 3 aliphatic heterocycles. The van der Waals surface area contributed by atoms with E-state index in [0.29, 0.717) is 54.2 Å². The highest BCUT2D eigenvalue weighted by molar-refractivity contribution is 6.09. The number of methoxy groups -OCH3 is 2. The van der Waals surface area contributed by atoms with E-state index in [1.54, 1.807) is 14.2 Å². The Hall–Kier alpha value is -3.92. The molecule has 2 aromatic rings. The third-order valence-electron chi connectivity index (χ3n) is 8.15. The van der Waals surface area contributed by atoms with Gasteiger partial charge < -0.3 is 38.6 Å². The molecular formula is C34H44N2O8. The number of oxime groups is 1. The smallest absolute Gasteiger partial charge is 0.260 e. The van der Waals surface area contributed by atoms with Gasteiger partial charge in [-0.15, -0.1) is 0 Å². The molecule has 238 valence electrons. The van der Waals surface area contributed by atoms with Crippen LogP contribution in [0, 0.1) is 5.92 Å². The number of ether oxygens (including phenoxy) is 6. The van der Waals surface area contributed by atoms with Crippen molar-refractivity contribution in [3.05, 3.63) is 53.1 Å². The van der Waals surface area contributed by atoms with Crippen LogP contribution in [0.3, 0.4) is 0 Å². The average Bonchev–Trinajstić information content (AvgIpc) is 3.44. The van der Waals surface area contributed by atoms with Gasteiger partial charge >= 0.3 is 0 Å². The summed E-state index contributed by atoms with van der Waals surface area (Å²) in [5, 5.41) is 7.51. The zero-order valence-corrected chi connectivity index (χ0v) is 26.8. The highest BCUT2D eigenvalue weighted by atomic mass is 16.6. The molecule has 10 nitrogen and oxygen atoms in total. The number of carbonyl (C=O) groups excluding carboxylic acids is 1. The monoisotopic (exact) mass is 608 g/mol. The van der Waals surface area contributed by atoms with Gasteiger partial charge in [0.15, 0.2) is 18.1 Å². The molecule has 1 N–H and O–H groups in total. The van der Waals surface area contributed by atoms with E-state index in [1.807, 2.05) is 45.0 Å². The van der Waals surface area contributed by atoms with Gasteiger partial charge in [-0.25, -0.2) is 0 Å². The number of fused-ring (bicyclic) bond motifs is 6. The molecule has 0 unspecified atom stereocenters. The lowest BCUT2D eigenvalue weighted by Crippen LogP contribution is -2.44. The molecule has 0 spiro atoms. The number of rotatable bonds is 12. The van der Waals surface area contributed by atoms with Crippen LogP contribution in [0.15, 0.2) is 41.6 Å². The number of benzene rings is 2. The van der Waals surface area contributed by atoms with Crippen LogP contribution in [0.25, 0.3) is 0 Å². The first-order chi connectivity index (χ1) is 21.0. The molecule has 0 fully saturated rings. The predicted octanol–water partition coefficient (Wildman–Crippen LogP) is 5.20. The first-order valence-corrected chi connectivity index (χ1v) is 15.2. The molecule has 0 saturated heterocycles. The number of amides is 1. The van der Waals surface area contributed by atoms with Crippen LogP contribution in [-0.4, -0.2) is 70.0 Å². The number of hydrogen-bond donors (Lipinski definition) is 1.